The van der Waals surface area contributed by atoms with Gasteiger partial charge in [-0.2, -0.15) is 4.98 Å². The Labute approximate surface area is 198 Å². The third-order valence-electron chi connectivity index (χ3n) is 6.42. The van der Waals surface area contributed by atoms with E-state index in [1.54, 1.807) is 17.0 Å². The van der Waals surface area contributed by atoms with Crippen molar-refractivity contribution in [2.75, 3.05) is 29.9 Å². The molecule has 2 aliphatic heterocycles. The first-order valence-corrected chi connectivity index (χ1v) is 11.7. The molecule has 2 aromatic carbocycles. The molecule has 3 aromatic rings. The number of anilines is 2. The van der Waals surface area contributed by atoms with Crippen LogP contribution in [0.3, 0.4) is 0 Å². The standard InChI is InChI=1S/C26H28FN5O2/c1-18-11-14-31(15-12-18)25-29-23-13-16-32(26(33)28-20-5-3-2-4-6-20)17-22(23)24(30-25)34-21-9-7-19(27)8-10-21/h2-10,18H,11-17H2,1H3,(H,28,33). The van der Waals surface area contributed by atoms with Crippen LogP contribution in [-0.2, 0) is 13.0 Å². The molecule has 0 unspecified atom stereocenters. The zero-order chi connectivity index (χ0) is 23.5. The molecule has 2 aliphatic rings. The number of fused-ring (bicyclic) bond motifs is 1. The SMILES string of the molecule is CC1CCN(c2nc3c(c(Oc4ccc(F)cc4)n2)CN(C(=O)Nc2ccccc2)CC3)CC1. The molecule has 3 heterocycles. The van der Waals surface area contributed by atoms with Crippen molar-refractivity contribution < 1.29 is 13.9 Å². The van der Waals surface area contributed by atoms with Crippen LogP contribution in [0, 0.1) is 11.7 Å². The average Bonchev–Trinajstić information content (AvgIpc) is 2.86. The number of carbonyl (C=O) groups excluding carboxylic acids is 1. The highest BCUT2D eigenvalue weighted by Gasteiger charge is 2.28. The van der Waals surface area contributed by atoms with Gasteiger partial charge in [0, 0.05) is 31.7 Å². The second kappa shape index (κ2) is 9.67. The lowest BCUT2D eigenvalue weighted by atomic mass is 9.99. The Morgan fingerprint density at radius 3 is 2.50 bits per heavy atom. The van der Waals surface area contributed by atoms with Crippen LogP contribution < -0.4 is 15.0 Å². The highest BCUT2D eigenvalue weighted by Crippen LogP contribution is 2.32. The van der Waals surface area contributed by atoms with Gasteiger partial charge in [0.2, 0.25) is 11.8 Å². The molecule has 34 heavy (non-hydrogen) atoms. The molecule has 1 saturated heterocycles. The minimum Gasteiger partial charge on any atom is -0.438 e. The first-order chi connectivity index (χ1) is 16.5. The van der Waals surface area contributed by atoms with Gasteiger partial charge in [0.15, 0.2) is 0 Å². The highest BCUT2D eigenvalue weighted by molar-refractivity contribution is 5.89. The summed E-state index contributed by atoms with van der Waals surface area (Å²) >= 11 is 0. The van der Waals surface area contributed by atoms with E-state index in [-0.39, 0.29) is 11.8 Å². The molecule has 0 radical (unpaired) electrons. The van der Waals surface area contributed by atoms with E-state index in [0.717, 1.165) is 42.9 Å². The number of carbonyl (C=O) groups is 1. The van der Waals surface area contributed by atoms with E-state index in [9.17, 15) is 9.18 Å². The molecular weight excluding hydrogens is 433 g/mol. The lowest BCUT2D eigenvalue weighted by molar-refractivity contribution is 0.205. The first-order valence-electron chi connectivity index (χ1n) is 11.7. The summed E-state index contributed by atoms with van der Waals surface area (Å²) in [6.07, 6.45) is 2.81. The zero-order valence-electron chi connectivity index (χ0n) is 19.2. The van der Waals surface area contributed by atoms with Crippen molar-refractivity contribution in [3.8, 4) is 11.6 Å². The maximum absolute atomic E-state index is 13.4. The number of aromatic nitrogens is 2. The lowest BCUT2D eigenvalue weighted by Gasteiger charge is -2.33. The fourth-order valence-corrected chi connectivity index (χ4v) is 4.32. The van der Waals surface area contributed by atoms with Gasteiger partial charge in [0.05, 0.1) is 17.8 Å². The number of hydrogen-bond acceptors (Lipinski definition) is 5. The Balaban J connectivity index is 1.42. The molecule has 0 bridgehead atoms. The molecule has 7 nitrogen and oxygen atoms in total. The number of rotatable bonds is 4. The predicted octanol–water partition coefficient (Wildman–Crippen LogP) is 5.23. The van der Waals surface area contributed by atoms with Crippen molar-refractivity contribution in [3.63, 3.8) is 0 Å². The van der Waals surface area contributed by atoms with E-state index in [4.69, 9.17) is 14.7 Å². The van der Waals surface area contributed by atoms with Crippen molar-refractivity contribution in [3.05, 3.63) is 71.7 Å². The van der Waals surface area contributed by atoms with Gasteiger partial charge in [-0.05, 0) is 55.2 Å². The van der Waals surface area contributed by atoms with Crippen molar-refractivity contribution in [2.45, 2.75) is 32.7 Å². The van der Waals surface area contributed by atoms with Crippen molar-refractivity contribution in [2.24, 2.45) is 5.92 Å². The van der Waals surface area contributed by atoms with Crippen molar-refractivity contribution >= 4 is 17.7 Å². The number of nitrogens with zero attached hydrogens (tertiary/aromatic N) is 4. The van der Waals surface area contributed by atoms with Crippen LogP contribution in [-0.4, -0.2) is 40.5 Å². The van der Waals surface area contributed by atoms with Gasteiger partial charge in [0.25, 0.3) is 0 Å². The predicted molar refractivity (Wildman–Crippen MR) is 129 cm³/mol. The summed E-state index contributed by atoms with van der Waals surface area (Å²) in [4.78, 5) is 26.5. The van der Waals surface area contributed by atoms with Crippen LogP contribution in [0.5, 0.6) is 11.6 Å². The van der Waals surface area contributed by atoms with Crippen LogP contribution in [0.2, 0.25) is 0 Å². The van der Waals surface area contributed by atoms with Crippen LogP contribution in [0.25, 0.3) is 0 Å². The van der Waals surface area contributed by atoms with E-state index >= 15 is 0 Å². The molecule has 176 valence electrons. The van der Waals surface area contributed by atoms with Crippen LogP contribution in [0.4, 0.5) is 20.8 Å². The van der Waals surface area contributed by atoms with Gasteiger partial charge in [-0.3, -0.25) is 0 Å². The first kappa shape index (κ1) is 22.1. The maximum atomic E-state index is 13.4. The minimum atomic E-state index is -0.330. The second-order valence-electron chi connectivity index (χ2n) is 8.95. The minimum absolute atomic E-state index is 0.182. The Morgan fingerprint density at radius 2 is 1.76 bits per heavy atom. The van der Waals surface area contributed by atoms with E-state index in [2.05, 4.69) is 17.1 Å². The molecule has 2 amide bonds. The topological polar surface area (TPSA) is 70.6 Å². The Hall–Kier alpha value is -3.68. The fourth-order valence-electron chi connectivity index (χ4n) is 4.32. The summed E-state index contributed by atoms with van der Waals surface area (Å²) in [7, 11) is 0. The third-order valence-corrected chi connectivity index (χ3v) is 6.42. The Bertz CT molecular complexity index is 1150. The van der Waals surface area contributed by atoms with E-state index in [0.29, 0.717) is 43.0 Å². The van der Waals surface area contributed by atoms with Crippen LogP contribution in [0.1, 0.15) is 31.0 Å². The molecule has 5 rings (SSSR count). The summed E-state index contributed by atoms with van der Waals surface area (Å²) in [5, 5.41) is 2.94. The van der Waals surface area contributed by atoms with Gasteiger partial charge in [-0.1, -0.05) is 25.1 Å². The van der Waals surface area contributed by atoms with Gasteiger partial charge >= 0.3 is 6.03 Å². The number of para-hydroxylation sites is 1. The summed E-state index contributed by atoms with van der Waals surface area (Å²) in [6.45, 7) is 4.96. The van der Waals surface area contributed by atoms with Crippen molar-refractivity contribution in [1.82, 2.24) is 14.9 Å². The zero-order valence-corrected chi connectivity index (χ0v) is 19.2. The Morgan fingerprint density at radius 1 is 1.03 bits per heavy atom. The number of nitrogens with one attached hydrogen (secondary N) is 1. The number of urea groups is 1. The smallest absolute Gasteiger partial charge is 0.322 e. The normalized spacial score (nSPS) is 16.2. The molecule has 0 saturated carbocycles. The quantitative estimate of drug-likeness (QED) is 0.576. The van der Waals surface area contributed by atoms with Gasteiger partial charge in [-0.15, -0.1) is 0 Å². The van der Waals surface area contributed by atoms with Crippen LogP contribution in [0.15, 0.2) is 54.6 Å². The van der Waals surface area contributed by atoms with E-state index < -0.39 is 0 Å². The molecule has 0 spiro atoms. The van der Waals surface area contributed by atoms with E-state index in [1.165, 1.54) is 12.1 Å². The molecule has 8 heteroatoms. The second-order valence-corrected chi connectivity index (χ2v) is 8.95. The molecule has 0 atom stereocenters. The maximum Gasteiger partial charge on any atom is 0.322 e. The number of amides is 2. The summed E-state index contributed by atoms with van der Waals surface area (Å²) in [6, 6.07) is 15.1. The number of benzene rings is 2. The molecule has 1 aromatic heterocycles. The number of hydrogen-bond donors (Lipinski definition) is 1. The molecule has 0 aliphatic carbocycles. The summed E-state index contributed by atoms with van der Waals surface area (Å²) < 4.78 is 19.5. The van der Waals surface area contributed by atoms with Gasteiger partial charge in [0.1, 0.15) is 11.6 Å². The summed E-state index contributed by atoms with van der Waals surface area (Å²) in [5.74, 6) is 1.93. The van der Waals surface area contributed by atoms with Crippen LogP contribution >= 0.6 is 0 Å². The largest absolute Gasteiger partial charge is 0.438 e. The number of halogens is 1. The molecule has 1 fully saturated rings. The summed E-state index contributed by atoms with van der Waals surface area (Å²) in [5.41, 5.74) is 2.42. The Kier molecular flexibility index (Phi) is 6.29. The van der Waals surface area contributed by atoms with E-state index in [1.807, 2.05) is 30.3 Å². The number of piperidine rings is 1. The fraction of sp³-hybridized carbons (Fsp3) is 0.346. The average molecular weight is 462 g/mol. The highest BCUT2D eigenvalue weighted by atomic mass is 19.1. The lowest BCUT2D eigenvalue weighted by Crippen LogP contribution is -2.40. The number of ether oxygens (including phenoxy) is 1. The van der Waals surface area contributed by atoms with Gasteiger partial charge < -0.3 is 19.9 Å². The van der Waals surface area contributed by atoms with Crippen molar-refractivity contribution in [1.29, 1.82) is 0 Å². The molecule has 1 N–H and O–H groups in total. The molecular formula is C26H28FN5O2. The van der Waals surface area contributed by atoms with Gasteiger partial charge in [-0.25, -0.2) is 14.2 Å². The third kappa shape index (κ3) is 4.95. The monoisotopic (exact) mass is 461 g/mol.